The summed E-state index contributed by atoms with van der Waals surface area (Å²) < 4.78 is 72.0. The molecule has 2 amide bonds. The van der Waals surface area contributed by atoms with Gasteiger partial charge < -0.3 is 20.6 Å². The molecule has 0 rings (SSSR count). The van der Waals surface area contributed by atoms with E-state index in [-0.39, 0.29) is 39.0 Å². The number of rotatable bonds is 11. The zero-order chi connectivity index (χ0) is 20.4. The minimum Gasteiger partial charge on any atom is -0.392 e. The maximum atomic E-state index is 12.0. The van der Waals surface area contributed by atoms with Crippen LogP contribution in [-0.2, 0) is 9.59 Å². The van der Waals surface area contributed by atoms with Crippen molar-refractivity contribution >= 4 is 11.8 Å². The molecule has 0 aliphatic carbocycles. The highest BCUT2D eigenvalue weighted by atomic mass is 19.4. The molecule has 0 aliphatic rings. The molecule has 0 heterocycles. The van der Waals surface area contributed by atoms with E-state index >= 15 is 0 Å². The minimum absolute atomic E-state index is 0.164. The van der Waals surface area contributed by atoms with Crippen LogP contribution in [0.2, 0.25) is 0 Å². The molecule has 0 saturated heterocycles. The Labute approximate surface area is 146 Å². The molecule has 1 unspecified atom stereocenters. The number of hydrogen-bond acceptors (Lipinski definition) is 4. The first-order valence-corrected chi connectivity index (χ1v) is 7.94. The summed E-state index contributed by atoms with van der Waals surface area (Å²) in [5.74, 6) is -4.04. The Morgan fingerprint density at radius 1 is 0.885 bits per heavy atom. The number of carbonyl (C=O) groups excluding carboxylic acids is 2. The fraction of sp³-hybridized carbons (Fsp3) is 0.857. The summed E-state index contributed by atoms with van der Waals surface area (Å²) in [6.45, 7) is 2.04. The van der Waals surface area contributed by atoms with Gasteiger partial charge in [0.15, 0.2) is 0 Å². The van der Waals surface area contributed by atoms with Crippen LogP contribution in [0.25, 0.3) is 0 Å². The number of carbonyl (C=O) groups is 2. The lowest BCUT2D eigenvalue weighted by Gasteiger charge is -2.24. The quantitative estimate of drug-likeness (QED) is 0.363. The van der Waals surface area contributed by atoms with Crippen LogP contribution in [0.1, 0.15) is 26.2 Å². The maximum absolute atomic E-state index is 12.0. The summed E-state index contributed by atoms with van der Waals surface area (Å²) in [6.07, 6.45) is -9.69. The van der Waals surface area contributed by atoms with Crippen LogP contribution in [-0.4, -0.2) is 73.0 Å². The van der Waals surface area contributed by atoms with Gasteiger partial charge in [0.1, 0.15) is 0 Å². The molecule has 0 fully saturated rings. The molecule has 0 aromatic carbocycles. The molecular formula is C14H23F6N3O3. The number of hydrogen-bond donors (Lipinski definition) is 3. The fourth-order valence-electron chi connectivity index (χ4n) is 2.04. The molecule has 0 aromatic heterocycles. The summed E-state index contributed by atoms with van der Waals surface area (Å²) in [7, 11) is 0. The van der Waals surface area contributed by atoms with Gasteiger partial charge >= 0.3 is 24.2 Å². The second-order valence-electron chi connectivity index (χ2n) is 5.72. The molecule has 0 bridgehead atoms. The van der Waals surface area contributed by atoms with Crippen molar-refractivity contribution < 1.29 is 41.0 Å². The van der Waals surface area contributed by atoms with Crippen molar-refractivity contribution in [3.8, 4) is 0 Å². The van der Waals surface area contributed by atoms with E-state index in [9.17, 15) is 41.0 Å². The highest BCUT2D eigenvalue weighted by Crippen LogP contribution is 2.14. The third-order valence-corrected chi connectivity index (χ3v) is 3.16. The Morgan fingerprint density at radius 3 is 1.73 bits per heavy atom. The Hall–Kier alpha value is -1.56. The highest BCUT2D eigenvalue weighted by Gasteiger charge is 2.38. The van der Waals surface area contributed by atoms with Gasteiger partial charge in [0.2, 0.25) is 0 Å². The van der Waals surface area contributed by atoms with Gasteiger partial charge in [-0.1, -0.05) is 0 Å². The number of nitrogens with one attached hydrogen (secondary N) is 2. The minimum atomic E-state index is -4.94. The molecule has 0 aromatic rings. The summed E-state index contributed by atoms with van der Waals surface area (Å²) in [5, 5.41) is 12.9. The first-order chi connectivity index (χ1) is 11.8. The predicted octanol–water partition coefficient (Wildman–Crippen LogP) is 1.20. The Kier molecular flexibility index (Phi) is 10.5. The van der Waals surface area contributed by atoms with Crippen molar-refractivity contribution in [3.63, 3.8) is 0 Å². The van der Waals surface area contributed by atoms with E-state index in [2.05, 4.69) is 0 Å². The molecular weight excluding hydrogens is 372 g/mol. The smallest absolute Gasteiger partial charge is 0.392 e. The van der Waals surface area contributed by atoms with E-state index < -0.39 is 30.3 Å². The van der Waals surface area contributed by atoms with Crippen LogP contribution >= 0.6 is 0 Å². The normalized spacial score (nSPS) is 13.6. The zero-order valence-corrected chi connectivity index (χ0v) is 14.2. The number of nitrogens with zero attached hydrogens (tertiary/aromatic N) is 1. The lowest BCUT2D eigenvalue weighted by molar-refractivity contribution is -0.173. The maximum Gasteiger partial charge on any atom is 0.471 e. The van der Waals surface area contributed by atoms with Gasteiger partial charge in [0.25, 0.3) is 0 Å². The van der Waals surface area contributed by atoms with Crippen LogP contribution in [0.4, 0.5) is 26.3 Å². The van der Waals surface area contributed by atoms with E-state index in [4.69, 9.17) is 0 Å². The third-order valence-electron chi connectivity index (χ3n) is 3.16. The lowest BCUT2D eigenvalue weighted by Crippen LogP contribution is -2.39. The van der Waals surface area contributed by atoms with Crippen molar-refractivity contribution in [1.82, 2.24) is 15.5 Å². The van der Waals surface area contributed by atoms with Crippen LogP contribution < -0.4 is 10.6 Å². The molecule has 12 heteroatoms. The number of aliphatic hydroxyl groups excluding tert-OH is 1. The van der Waals surface area contributed by atoms with Gasteiger partial charge in [-0.2, -0.15) is 26.3 Å². The largest absolute Gasteiger partial charge is 0.471 e. The zero-order valence-electron chi connectivity index (χ0n) is 14.2. The SMILES string of the molecule is CC(O)CN(CCCCNC(=O)C(F)(F)F)CCCNC(=O)C(F)(F)F. The van der Waals surface area contributed by atoms with Gasteiger partial charge in [-0.25, -0.2) is 0 Å². The Balaban J connectivity index is 4.06. The highest BCUT2D eigenvalue weighted by molar-refractivity contribution is 5.81. The molecule has 0 aliphatic heterocycles. The predicted molar refractivity (Wildman–Crippen MR) is 80.1 cm³/mol. The van der Waals surface area contributed by atoms with Crippen molar-refractivity contribution in [2.75, 3.05) is 32.7 Å². The summed E-state index contributed by atoms with van der Waals surface area (Å²) in [4.78, 5) is 23.0. The lowest BCUT2D eigenvalue weighted by atomic mass is 10.2. The van der Waals surface area contributed by atoms with Gasteiger partial charge in [0, 0.05) is 19.6 Å². The van der Waals surface area contributed by atoms with E-state index in [0.29, 0.717) is 13.0 Å². The number of alkyl halides is 6. The van der Waals surface area contributed by atoms with Crippen LogP contribution in [0.3, 0.4) is 0 Å². The molecule has 26 heavy (non-hydrogen) atoms. The molecule has 154 valence electrons. The first-order valence-electron chi connectivity index (χ1n) is 7.94. The topological polar surface area (TPSA) is 81.7 Å². The van der Waals surface area contributed by atoms with Crippen LogP contribution in [0.15, 0.2) is 0 Å². The molecule has 0 saturated carbocycles. The van der Waals surface area contributed by atoms with Crippen molar-refractivity contribution in [2.45, 2.75) is 44.6 Å². The van der Waals surface area contributed by atoms with Gasteiger partial charge in [-0.3, -0.25) is 9.59 Å². The van der Waals surface area contributed by atoms with E-state index in [1.807, 2.05) is 0 Å². The average Bonchev–Trinajstić information content (AvgIpc) is 2.47. The Bertz CT molecular complexity index is 441. The molecule has 1 atom stereocenters. The molecule has 3 N–H and O–H groups in total. The van der Waals surface area contributed by atoms with E-state index in [1.165, 1.54) is 6.92 Å². The standard InChI is InChI=1S/C14H23F6N3O3/c1-10(24)9-23(8-4-6-22-12(26)14(18,19)20)7-3-2-5-21-11(25)13(15,16)17/h10,24H,2-9H2,1H3,(H,21,25)(H,22,26). The average molecular weight is 395 g/mol. The fourth-order valence-corrected chi connectivity index (χ4v) is 2.04. The summed E-state index contributed by atoms with van der Waals surface area (Å²) >= 11 is 0. The van der Waals surface area contributed by atoms with Crippen molar-refractivity contribution in [1.29, 1.82) is 0 Å². The van der Waals surface area contributed by atoms with Gasteiger partial charge in [-0.05, 0) is 39.3 Å². The first kappa shape index (κ1) is 24.4. The molecule has 0 radical (unpaired) electrons. The van der Waals surface area contributed by atoms with Crippen molar-refractivity contribution in [3.05, 3.63) is 0 Å². The molecule has 6 nitrogen and oxygen atoms in total. The molecule has 0 spiro atoms. The van der Waals surface area contributed by atoms with E-state index in [1.54, 1.807) is 15.5 Å². The van der Waals surface area contributed by atoms with Crippen LogP contribution in [0, 0.1) is 0 Å². The number of unbranched alkanes of at least 4 members (excludes halogenated alkanes) is 1. The third kappa shape index (κ3) is 11.9. The second kappa shape index (κ2) is 11.2. The van der Waals surface area contributed by atoms with Gasteiger partial charge in [0.05, 0.1) is 6.10 Å². The Morgan fingerprint density at radius 2 is 1.31 bits per heavy atom. The van der Waals surface area contributed by atoms with Gasteiger partial charge in [-0.15, -0.1) is 0 Å². The monoisotopic (exact) mass is 395 g/mol. The van der Waals surface area contributed by atoms with Crippen molar-refractivity contribution in [2.24, 2.45) is 0 Å². The second-order valence-corrected chi connectivity index (χ2v) is 5.72. The summed E-state index contributed by atoms with van der Waals surface area (Å²) in [5.41, 5.74) is 0. The summed E-state index contributed by atoms with van der Waals surface area (Å²) in [6, 6.07) is 0. The number of halogens is 6. The van der Waals surface area contributed by atoms with E-state index in [0.717, 1.165) is 0 Å². The number of aliphatic hydroxyl groups is 1. The van der Waals surface area contributed by atoms with Crippen LogP contribution in [0.5, 0.6) is 0 Å². The number of amides is 2.